The summed E-state index contributed by atoms with van der Waals surface area (Å²) in [5.74, 6) is 0.808. The third-order valence-corrected chi connectivity index (χ3v) is 3.07. The molecule has 78 valence electrons. The molecule has 1 N–H and O–H groups in total. The Labute approximate surface area is 82.7 Å². The molecule has 1 atom stereocenters. The molecule has 0 aromatic heterocycles. The number of hydrogen-bond donors (Lipinski definition) is 1. The van der Waals surface area contributed by atoms with E-state index in [1.54, 1.807) is 0 Å². The number of nitrogens with zero attached hydrogens (tertiary/aromatic N) is 1. The Morgan fingerprint density at radius 2 is 2.08 bits per heavy atom. The van der Waals surface area contributed by atoms with E-state index in [9.17, 15) is 0 Å². The van der Waals surface area contributed by atoms with Crippen molar-refractivity contribution in [3.63, 3.8) is 0 Å². The highest BCUT2D eigenvalue weighted by Gasteiger charge is 2.19. The average molecular weight is 184 g/mol. The van der Waals surface area contributed by atoms with E-state index >= 15 is 0 Å². The average Bonchev–Trinajstić information content (AvgIpc) is 2.32. The van der Waals surface area contributed by atoms with Crippen molar-refractivity contribution in [3.05, 3.63) is 0 Å². The Morgan fingerprint density at radius 1 is 1.38 bits per heavy atom. The summed E-state index contributed by atoms with van der Waals surface area (Å²) in [6.07, 6.45) is 2.59. The lowest BCUT2D eigenvalue weighted by Gasteiger charge is -2.30. The minimum atomic E-state index is 0.808. The molecule has 1 heterocycles. The van der Waals surface area contributed by atoms with Crippen LogP contribution in [0.15, 0.2) is 0 Å². The molecule has 0 saturated carbocycles. The molecule has 1 aliphatic heterocycles. The van der Waals surface area contributed by atoms with Gasteiger partial charge in [-0.3, -0.25) is 4.90 Å². The van der Waals surface area contributed by atoms with Crippen LogP contribution < -0.4 is 5.32 Å². The van der Waals surface area contributed by atoms with Crippen LogP contribution in [0, 0.1) is 5.92 Å². The first-order valence-electron chi connectivity index (χ1n) is 5.72. The molecule has 1 saturated heterocycles. The monoisotopic (exact) mass is 184 g/mol. The lowest BCUT2D eigenvalue weighted by Crippen LogP contribution is -2.38. The Morgan fingerprint density at radius 3 is 2.69 bits per heavy atom. The van der Waals surface area contributed by atoms with Gasteiger partial charge in [-0.25, -0.2) is 0 Å². The first-order valence-corrected chi connectivity index (χ1v) is 5.72. The third kappa shape index (κ3) is 3.28. The van der Waals surface area contributed by atoms with Gasteiger partial charge in [0.15, 0.2) is 0 Å². The van der Waals surface area contributed by atoms with E-state index in [1.807, 2.05) is 0 Å². The molecule has 0 amide bonds. The van der Waals surface area contributed by atoms with Crippen molar-refractivity contribution in [2.75, 3.05) is 26.2 Å². The number of nitrogens with one attached hydrogen (secondary N) is 1. The quantitative estimate of drug-likeness (QED) is 0.718. The van der Waals surface area contributed by atoms with E-state index in [2.05, 4.69) is 31.0 Å². The van der Waals surface area contributed by atoms with Gasteiger partial charge in [0, 0.05) is 25.7 Å². The number of hydrogen-bond acceptors (Lipinski definition) is 2. The molecule has 2 nitrogen and oxygen atoms in total. The normalized spacial score (nSPS) is 26.3. The van der Waals surface area contributed by atoms with Crippen LogP contribution >= 0.6 is 0 Å². The fraction of sp³-hybridized carbons (Fsp3) is 1.00. The molecule has 1 fully saturated rings. The van der Waals surface area contributed by atoms with E-state index in [0.717, 1.165) is 12.0 Å². The Hall–Kier alpha value is -0.0800. The second kappa shape index (κ2) is 5.61. The fourth-order valence-electron chi connectivity index (χ4n) is 2.26. The summed E-state index contributed by atoms with van der Waals surface area (Å²) in [4.78, 5) is 2.66. The molecule has 0 radical (unpaired) electrons. The Bertz CT molecular complexity index is 132. The van der Waals surface area contributed by atoms with Gasteiger partial charge in [-0.2, -0.15) is 0 Å². The minimum absolute atomic E-state index is 0.808. The molecule has 0 aliphatic carbocycles. The Kier molecular flexibility index (Phi) is 4.74. The summed E-state index contributed by atoms with van der Waals surface area (Å²) in [6, 6.07) is 0.808. The van der Waals surface area contributed by atoms with Gasteiger partial charge in [-0.05, 0) is 25.3 Å². The van der Waals surface area contributed by atoms with Crippen molar-refractivity contribution in [1.29, 1.82) is 0 Å². The van der Waals surface area contributed by atoms with Crippen LogP contribution in [0.5, 0.6) is 0 Å². The predicted octanol–water partition coefficient (Wildman–Crippen LogP) is 1.72. The maximum atomic E-state index is 3.49. The van der Waals surface area contributed by atoms with Crippen molar-refractivity contribution >= 4 is 0 Å². The van der Waals surface area contributed by atoms with Crippen LogP contribution in [0.2, 0.25) is 0 Å². The maximum absolute atomic E-state index is 3.49. The van der Waals surface area contributed by atoms with Crippen LogP contribution in [0.25, 0.3) is 0 Å². The van der Waals surface area contributed by atoms with Crippen molar-refractivity contribution < 1.29 is 0 Å². The fourth-order valence-corrected chi connectivity index (χ4v) is 2.26. The smallest absolute Gasteiger partial charge is 0.0110 e. The lowest BCUT2D eigenvalue weighted by molar-refractivity contribution is 0.180. The first kappa shape index (κ1) is 11.0. The molecule has 13 heavy (non-hydrogen) atoms. The molecule has 1 rings (SSSR count). The lowest BCUT2D eigenvalue weighted by atomic mass is 10.1. The zero-order chi connectivity index (χ0) is 9.68. The van der Waals surface area contributed by atoms with Gasteiger partial charge in [-0.15, -0.1) is 0 Å². The van der Waals surface area contributed by atoms with Gasteiger partial charge in [0.2, 0.25) is 0 Å². The van der Waals surface area contributed by atoms with Gasteiger partial charge in [-0.1, -0.05) is 20.8 Å². The van der Waals surface area contributed by atoms with Crippen LogP contribution in [-0.2, 0) is 0 Å². The molecule has 0 bridgehead atoms. The van der Waals surface area contributed by atoms with Gasteiger partial charge in [0.05, 0.1) is 0 Å². The van der Waals surface area contributed by atoms with E-state index in [4.69, 9.17) is 0 Å². The van der Waals surface area contributed by atoms with Crippen LogP contribution in [-0.4, -0.2) is 37.1 Å². The molecule has 1 aliphatic rings. The molecule has 1 unspecified atom stereocenters. The summed E-state index contributed by atoms with van der Waals surface area (Å²) in [5, 5.41) is 3.49. The van der Waals surface area contributed by atoms with Crippen LogP contribution in [0.1, 0.15) is 33.6 Å². The van der Waals surface area contributed by atoms with Crippen molar-refractivity contribution in [1.82, 2.24) is 10.2 Å². The van der Waals surface area contributed by atoms with Crippen LogP contribution in [0.4, 0.5) is 0 Å². The third-order valence-electron chi connectivity index (χ3n) is 3.07. The topological polar surface area (TPSA) is 15.3 Å². The van der Waals surface area contributed by atoms with E-state index in [-0.39, 0.29) is 0 Å². The highest BCUT2D eigenvalue weighted by Crippen LogP contribution is 2.12. The first-order chi connectivity index (χ1) is 6.27. The van der Waals surface area contributed by atoms with E-state index in [1.165, 1.54) is 39.0 Å². The van der Waals surface area contributed by atoms with Crippen molar-refractivity contribution in [3.8, 4) is 0 Å². The van der Waals surface area contributed by atoms with Gasteiger partial charge in [0.25, 0.3) is 0 Å². The highest BCUT2D eigenvalue weighted by molar-refractivity contribution is 4.76. The molecule has 0 aromatic rings. The largest absolute Gasteiger partial charge is 0.315 e. The zero-order valence-corrected chi connectivity index (χ0v) is 9.34. The molecular weight excluding hydrogens is 160 g/mol. The summed E-state index contributed by atoms with van der Waals surface area (Å²) in [7, 11) is 0. The molecule has 2 heteroatoms. The molecule has 0 spiro atoms. The second-order valence-corrected chi connectivity index (χ2v) is 4.27. The molecular formula is C11H24N2. The predicted molar refractivity (Wildman–Crippen MR) is 58.0 cm³/mol. The summed E-state index contributed by atoms with van der Waals surface area (Å²) in [5.41, 5.74) is 0. The summed E-state index contributed by atoms with van der Waals surface area (Å²) in [6.45, 7) is 11.8. The standard InChI is InChI=1S/C11H24N2/c1-4-11(5-2)13-7-6-12-8-10(3)9-13/h10-12H,4-9H2,1-3H3. The van der Waals surface area contributed by atoms with Crippen molar-refractivity contribution in [2.45, 2.75) is 39.7 Å². The van der Waals surface area contributed by atoms with Gasteiger partial charge < -0.3 is 5.32 Å². The molecule has 0 aromatic carbocycles. The van der Waals surface area contributed by atoms with Crippen LogP contribution in [0.3, 0.4) is 0 Å². The number of rotatable bonds is 3. The van der Waals surface area contributed by atoms with Gasteiger partial charge in [0.1, 0.15) is 0 Å². The second-order valence-electron chi connectivity index (χ2n) is 4.27. The van der Waals surface area contributed by atoms with E-state index in [0.29, 0.717) is 0 Å². The highest BCUT2D eigenvalue weighted by atomic mass is 15.2. The maximum Gasteiger partial charge on any atom is 0.0110 e. The SMILES string of the molecule is CCC(CC)N1CCNCC(C)C1. The minimum Gasteiger partial charge on any atom is -0.315 e. The van der Waals surface area contributed by atoms with Crippen molar-refractivity contribution in [2.24, 2.45) is 5.92 Å². The summed E-state index contributed by atoms with van der Waals surface area (Å²) >= 11 is 0. The van der Waals surface area contributed by atoms with Gasteiger partial charge >= 0.3 is 0 Å². The Balaban J connectivity index is 2.45. The van der Waals surface area contributed by atoms with E-state index < -0.39 is 0 Å². The summed E-state index contributed by atoms with van der Waals surface area (Å²) < 4.78 is 0. The zero-order valence-electron chi connectivity index (χ0n) is 9.34.